The van der Waals surface area contributed by atoms with Gasteiger partial charge in [0.25, 0.3) is 0 Å². The Hall–Kier alpha value is -3.67. The van der Waals surface area contributed by atoms with Crippen molar-refractivity contribution in [1.82, 2.24) is 19.7 Å². The molecule has 0 atom stereocenters. The fraction of sp³-hybridized carbons (Fsp3) is 0.0500. The number of nitrogens with zero attached hydrogens (tertiary/aromatic N) is 3. The number of hydrogen-bond acceptors (Lipinski definition) is 4. The normalized spacial score (nSPS) is 11.3. The monoisotopic (exact) mass is 344 g/mol. The number of carbonyl (C=O) groups is 1. The molecule has 26 heavy (non-hydrogen) atoms. The molecule has 0 unspecified atom stereocenters. The van der Waals surface area contributed by atoms with Gasteiger partial charge in [0.2, 0.25) is 11.8 Å². The van der Waals surface area contributed by atoms with E-state index >= 15 is 0 Å². The zero-order valence-corrected chi connectivity index (χ0v) is 14.1. The minimum Gasteiger partial charge on any atom is -0.404 e. The molecule has 0 aliphatic rings. The van der Waals surface area contributed by atoms with Gasteiger partial charge in [-0.2, -0.15) is 9.78 Å². The van der Waals surface area contributed by atoms with Gasteiger partial charge in [-0.25, -0.2) is 9.78 Å². The molecule has 0 amide bonds. The third-order valence-corrected chi connectivity index (χ3v) is 3.79. The molecule has 6 nitrogen and oxygen atoms in total. The average molecular weight is 344 g/mol. The predicted octanol–water partition coefficient (Wildman–Crippen LogP) is 3.68. The molecule has 0 saturated heterocycles. The van der Waals surface area contributed by atoms with Gasteiger partial charge in [-0.3, -0.25) is 0 Å². The summed E-state index contributed by atoms with van der Waals surface area (Å²) in [5.74, 6) is 0.324. The first kappa shape index (κ1) is 15.8. The maximum Gasteiger partial charge on any atom is 0.337 e. The molecule has 0 spiro atoms. The quantitative estimate of drug-likeness (QED) is 0.453. The van der Waals surface area contributed by atoms with Gasteiger partial charge in [-0.05, 0) is 30.7 Å². The molecule has 0 bridgehead atoms. The lowest BCUT2D eigenvalue weighted by molar-refractivity contribution is -0.129. The lowest BCUT2D eigenvalue weighted by Crippen LogP contribution is -2.09. The molecule has 4 aromatic rings. The highest BCUT2D eigenvalue weighted by Crippen LogP contribution is 2.20. The highest BCUT2D eigenvalue weighted by molar-refractivity contribution is 5.88. The summed E-state index contributed by atoms with van der Waals surface area (Å²) in [5.41, 5.74) is 3.35. The van der Waals surface area contributed by atoms with Crippen LogP contribution in [-0.4, -0.2) is 25.7 Å². The summed E-state index contributed by atoms with van der Waals surface area (Å²) < 4.78 is 6.94. The summed E-state index contributed by atoms with van der Waals surface area (Å²) in [7, 11) is 0. The molecule has 0 fully saturated rings. The van der Waals surface area contributed by atoms with Crippen molar-refractivity contribution in [2.75, 3.05) is 0 Å². The second-order valence-electron chi connectivity index (χ2n) is 5.78. The van der Waals surface area contributed by atoms with Gasteiger partial charge in [-0.1, -0.05) is 42.5 Å². The van der Waals surface area contributed by atoms with Crippen LogP contribution in [0.5, 0.6) is 5.88 Å². The van der Waals surface area contributed by atoms with Crippen LogP contribution in [0.3, 0.4) is 0 Å². The number of H-pyrrole nitrogens is 1. The number of aryl methyl sites for hydroxylation is 1. The van der Waals surface area contributed by atoms with Crippen molar-refractivity contribution in [1.29, 1.82) is 0 Å². The summed E-state index contributed by atoms with van der Waals surface area (Å²) in [5, 5.41) is 4.37. The molecule has 2 aromatic carbocycles. The van der Waals surface area contributed by atoms with E-state index in [-0.39, 0.29) is 0 Å². The highest BCUT2D eigenvalue weighted by Gasteiger charge is 2.14. The number of nitrogens with one attached hydrogen (secondary N) is 1. The Labute approximate surface area is 149 Å². The van der Waals surface area contributed by atoms with Crippen molar-refractivity contribution in [3.8, 4) is 11.8 Å². The van der Waals surface area contributed by atoms with Gasteiger partial charge >= 0.3 is 5.97 Å². The van der Waals surface area contributed by atoms with E-state index in [0.717, 1.165) is 22.3 Å². The largest absolute Gasteiger partial charge is 0.404 e. The van der Waals surface area contributed by atoms with Gasteiger partial charge < -0.3 is 9.72 Å². The number of esters is 1. The van der Waals surface area contributed by atoms with Crippen molar-refractivity contribution in [2.45, 2.75) is 6.92 Å². The number of imidazole rings is 1. The summed E-state index contributed by atoms with van der Waals surface area (Å²) in [6, 6.07) is 18.9. The number of fused-ring (bicyclic) bond motifs is 1. The van der Waals surface area contributed by atoms with Gasteiger partial charge in [0.15, 0.2) is 0 Å². The molecule has 1 N–H and O–H groups in total. The van der Waals surface area contributed by atoms with Crippen molar-refractivity contribution in [3.05, 3.63) is 78.0 Å². The average Bonchev–Trinajstić information content (AvgIpc) is 3.24. The Bertz CT molecular complexity index is 1060. The van der Waals surface area contributed by atoms with Crippen LogP contribution in [0.4, 0.5) is 0 Å². The molecule has 128 valence electrons. The van der Waals surface area contributed by atoms with E-state index < -0.39 is 5.97 Å². The molecule has 4 rings (SSSR count). The van der Waals surface area contributed by atoms with Crippen molar-refractivity contribution in [2.24, 2.45) is 0 Å². The first-order chi connectivity index (χ1) is 12.7. The fourth-order valence-electron chi connectivity index (χ4n) is 2.61. The van der Waals surface area contributed by atoms with Crippen LogP contribution in [-0.2, 0) is 4.79 Å². The SMILES string of the molecule is Cc1cc(OC(=O)/C=C/c2ccccc2)n(-c2nc3ccccc3[nH]2)n1. The highest BCUT2D eigenvalue weighted by atomic mass is 16.5. The third kappa shape index (κ3) is 3.25. The number of ether oxygens (including phenoxy) is 1. The smallest absolute Gasteiger partial charge is 0.337 e. The van der Waals surface area contributed by atoms with Crippen LogP contribution in [0.15, 0.2) is 66.7 Å². The Morgan fingerprint density at radius 3 is 2.69 bits per heavy atom. The molecule has 2 aromatic heterocycles. The van der Waals surface area contributed by atoms with E-state index in [1.54, 1.807) is 12.1 Å². The molecule has 0 aliphatic carbocycles. The van der Waals surface area contributed by atoms with Crippen LogP contribution in [0.25, 0.3) is 23.1 Å². The van der Waals surface area contributed by atoms with Crippen LogP contribution >= 0.6 is 0 Å². The summed E-state index contributed by atoms with van der Waals surface area (Å²) in [6.07, 6.45) is 3.09. The van der Waals surface area contributed by atoms with Crippen LogP contribution in [0, 0.1) is 6.92 Å². The first-order valence-electron chi connectivity index (χ1n) is 8.16. The number of para-hydroxylation sites is 2. The predicted molar refractivity (Wildman–Crippen MR) is 99.1 cm³/mol. The summed E-state index contributed by atoms with van der Waals surface area (Å²) in [4.78, 5) is 19.8. The lowest BCUT2D eigenvalue weighted by Gasteiger charge is -2.03. The second kappa shape index (κ2) is 6.68. The molecule has 2 heterocycles. The van der Waals surface area contributed by atoms with E-state index in [4.69, 9.17) is 4.74 Å². The Morgan fingerprint density at radius 2 is 1.88 bits per heavy atom. The number of hydrogen-bond donors (Lipinski definition) is 1. The number of carbonyl (C=O) groups excluding carboxylic acids is 1. The van der Waals surface area contributed by atoms with Crippen molar-refractivity contribution in [3.63, 3.8) is 0 Å². The minimum atomic E-state index is -0.480. The Kier molecular flexibility index (Phi) is 4.07. The number of benzene rings is 2. The summed E-state index contributed by atoms with van der Waals surface area (Å²) >= 11 is 0. The van der Waals surface area contributed by atoms with E-state index in [1.807, 2.05) is 61.5 Å². The number of aromatic amines is 1. The Morgan fingerprint density at radius 1 is 1.12 bits per heavy atom. The standard InChI is InChI=1S/C20H16N4O2/c1-14-13-18(26-19(25)12-11-15-7-3-2-4-8-15)24(23-14)20-21-16-9-5-6-10-17(16)22-20/h2-13H,1H3,(H,21,22)/b12-11+. The van der Waals surface area contributed by atoms with E-state index in [2.05, 4.69) is 15.1 Å². The van der Waals surface area contributed by atoms with E-state index in [1.165, 1.54) is 10.8 Å². The maximum atomic E-state index is 12.2. The molecule has 6 heteroatoms. The zero-order valence-electron chi connectivity index (χ0n) is 14.1. The van der Waals surface area contributed by atoms with Crippen LogP contribution < -0.4 is 4.74 Å². The van der Waals surface area contributed by atoms with Gasteiger partial charge in [-0.15, -0.1) is 0 Å². The summed E-state index contributed by atoms with van der Waals surface area (Å²) in [6.45, 7) is 1.83. The zero-order chi connectivity index (χ0) is 17.9. The van der Waals surface area contributed by atoms with Crippen LogP contribution in [0.1, 0.15) is 11.3 Å². The van der Waals surface area contributed by atoms with Crippen LogP contribution in [0.2, 0.25) is 0 Å². The molecular formula is C20H16N4O2. The first-order valence-corrected chi connectivity index (χ1v) is 8.16. The van der Waals surface area contributed by atoms with Gasteiger partial charge in [0, 0.05) is 12.1 Å². The number of aromatic nitrogens is 4. The third-order valence-electron chi connectivity index (χ3n) is 3.79. The van der Waals surface area contributed by atoms with Crippen molar-refractivity contribution >= 4 is 23.1 Å². The fourth-order valence-corrected chi connectivity index (χ4v) is 2.61. The second-order valence-corrected chi connectivity index (χ2v) is 5.78. The molecule has 0 saturated carbocycles. The maximum absolute atomic E-state index is 12.2. The lowest BCUT2D eigenvalue weighted by atomic mass is 10.2. The van der Waals surface area contributed by atoms with Gasteiger partial charge in [0.05, 0.1) is 16.7 Å². The van der Waals surface area contributed by atoms with Crippen molar-refractivity contribution < 1.29 is 9.53 Å². The number of rotatable bonds is 4. The van der Waals surface area contributed by atoms with E-state index in [9.17, 15) is 4.79 Å². The molecule has 0 radical (unpaired) electrons. The van der Waals surface area contributed by atoms with Gasteiger partial charge in [0.1, 0.15) is 0 Å². The molecule has 0 aliphatic heterocycles. The minimum absolute atomic E-state index is 0.310. The molecular weight excluding hydrogens is 328 g/mol. The topological polar surface area (TPSA) is 72.8 Å². The Balaban J connectivity index is 1.59. The van der Waals surface area contributed by atoms with E-state index in [0.29, 0.717) is 11.8 Å².